The van der Waals surface area contributed by atoms with E-state index in [9.17, 15) is 13.2 Å². The number of pyridine rings is 1. The molecule has 0 saturated heterocycles. The summed E-state index contributed by atoms with van der Waals surface area (Å²) < 4.78 is 38.6. The molecule has 0 fully saturated rings. The second kappa shape index (κ2) is 6.15. The molecule has 6 heteroatoms. The van der Waals surface area contributed by atoms with Gasteiger partial charge >= 0.3 is 6.18 Å². The molecule has 1 heterocycles. The maximum atomic E-state index is 12.9. The summed E-state index contributed by atoms with van der Waals surface area (Å²) in [6.45, 7) is 0.706. The highest BCUT2D eigenvalue weighted by atomic mass is 19.4. The van der Waals surface area contributed by atoms with Crippen LogP contribution in [0.4, 0.5) is 13.2 Å². The Labute approximate surface area is 105 Å². The third kappa shape index (κ3) is 3.96. The highest BCUT2D eigenvalue weighted by Crippen LogP contribution is 2.34. The summed E-state index contributed by atoms with van der Waals surface area (Å²) in [5.41, 5.74) is -0.412. The molecule has 1 N–H and O–H groups in total. The zero-order chi connectivity index (χ0) is 13.8. The van der Waals surface area contributed by atoms with Gasteiger partial charge in [0.25, 0.3) is 0 Å². The predicted octanol–water partition coefficient (Wildman–Crippen LogP) is 2.31. The molecule has 1 atom stereocenters. The molecule has 0 aliphatic rings. The number of alkyl halides is 3. The number of nitrogens with zero attached hydrogens (tertiary/aromatic N) is 2. The Bertz CT molecular complexity index is 377. The molecule has 0 spiro atoms. The summed E-state index contributed by atoms with van der Waals surface area (Å²) in [6, 6.07) is 0.674. The van der Waals surface area contributed by atoms with E-state index in [4.69, 9.17) is 0 Å². The molecule has 3 nitrogen and oxygen atoms in total. The van der Waals surface area contributed by atoms with Gasteiger partial charge in [-0.25, -0.2) is 0 Å². The first-order valence-corrected chi connectivity index (χ1v) is 5.69. The van der Waals surface area contributed by atoms with Crippen LogP contribution in [0, 0.1) is 0 Å². The molecule has 0 aromatic carbocycles. The van der Waals surface area contributed by atoms with Gasteiger partial charge in [0.05, 0.1) is 5.56 Å². The molecule has 0 amide bonds. The minimum absolute atomic E-state index is 0.203. The Hall–Kier alpha value is -1.14. The largest absolute Gasteiger partial charge is 0.416 e. The summed E-state index contributed by atoms with van der Waals surface area (Å²) in [7, 11) is 5.44. The van der Waals surface area contributed by atoms with E-state index in [1.165, 1.54) is 12.4 Å². The van der Waals surface area contributed by atoms with Crippen molar-refractivity contribution in [1.29, 1.82) is 0 Å². The standard InChI is InChI=1S/C12H18F3N3/c1-16-11(5-7-18(2)3)9-8-17-6-4-10(9)12(13,14)15/h4,6,8,11,16H,5,7H2,1-3H3. The highest BCUT2D eigenvalue weighted by Gasteiger charge is 2.34. The smallest absolute Gasteiger partial charge is 0.313 e. The lowest BCUT2D eigenvalue weighted by atomic mass is 10.00. The molecule has 0 bridgehead atoms. The highest BCUT2D eigenvalue weighted by molar-refractivity contribution is 5.29. The van der Waals surface area contributed by atoms with Crippen molar-refractivity contribution in [2.24, 2.45) is 0 Å². The molecule has 1 unspecified atom stereocenters. The Balaban J connectivity index is 2.98. The van der Waals surface area contributed by atoms with Gasteiger partial charge in [-0.15, -0.1) is 0 Å². The van der Waals surface area contributed by atoms with Crippen LogP contribution in [0.5, 0.6) is 0 Å². The predicted molar refractivity (Wildman–Crippen MR) is 64.2 cm³/mol. The number of rotatable bonds is 5. The Kier molecular flexibility index (Phi) is 5.10. The third-order valence-corrected chi connectivity index (χ3v) is 2.75. The maximum Gasteiger partial charge on any atom is 0.416 e. The van der Waals surface area contributed by atoms with Crippen LogP contribution in [0.25, 0.3) is 0 Å². The molecule has 0 radical (unpaired) electrons. The average Bonchev–Trinajstić information content (AvgIpc) is 2.29. The van der Waals surface area contributed by atoms with E-state index >= 15 is 0 Å². The Morgan fingerprint density at radius 1 is 1.39 bits per heavy atom. The van der Waals surface area contributed by atoms with Crippen molar-refractivity contribution in [3.05, 3.63) is 29.6 Å². The SMILES string of the molecule is CNC(CCN(C)C)c1cnccc1C(F)(F)F. The van der Waals surface area contributed by atoms with Crippen molar-refractivity contribution < 1.29 is 13.2 Å². The summed E-state index contributed by atoms with van der Waals surface area (Å²) in [5, 5.41) is 2.92. The van der Waals surface area contributed by atoms with Gasteiger partial charge in [-0.3, -0.25) is 4.98 Å². The zero-order valence-electron chi connectivity index (χ0n) is 10.8. The van der Waals surface area contributed by atoms with Gasteiger partial charge in [0.2, 0.25) is 0 Å². The molecule has 0 aliphatic carbocycles. The second-order valence-electron chi connectivity index (χ2n) is 4.39. The van der Waals surface area contributed by atoms with Gasteiger partial charge in [0, 0.05) is 18.4 Å². The zero-order valence-corrected chi connectivity index (χ0v) is 10.8. The molecule has 1 rings (SSSR count). The van der Waals surface area contributed by atoms with Crippen molar-refractivity contribution in [3.63, 3.8) is 0 Å². The lowest BCUT2D eigenvalue weighted by Crippen LogP contribution is -2.25. The fourth-order valence-electron chi connectivity index (χ4n) is 1.79. The number of aromatic nitrogens is 1. The number of hydrogen-bond donors (Lipinski definition) is 1. The van der Waals surface area contributed by atoms with Gasteiger partial charge in [-0.05, 0) is 45.7 Å². The van der Waals surface area contributed by atoms with Crippen molar-refractivity contribution in [2.45, 2.75) is 18.6 Å². The van der Waals surface area contributed by atoms with Crippen LogP contribution < -0.4 is 5.32 Å². The van der Waals surface area contributed by atoms with Crippen molar-refractivity contribution in [3.8, 4) is 0 Å². The molecular formula is C12H18F3N3. The lowest BCUT2D eigenvalue weighted by molar-refractivity contribution is -0.138. The molecule has 0 saturated carbocycles. The molecule has 18 heavy (non-hydrogen) atoms. The monoisotopic (exact) mass is 261 g/mol. The van der Waals surface area contributed by atoms with E-state index < -0.39 is 11.7 Å². The van der Waals surface area contributed by atoms with E-state index in [0.29, 0.717) is 13.0 Å². The summed E-state index contributed by atoms with van der Waals surface area (Å²) >= 11 is 0. The minimum Gasteiger partial charge on any atom is -0.313 e. The van der Waals surface area contributed by atoms with E-state index in [-0.39, 0.29) is 11.6 Å². The molecular weight excluding hydrogens is 243 g/mol. The van der Waals surface area contributed by atoms with E-state index in [2.05, 4.69) is 10.3 Å². The first-order chi connectivity index (χ1) is 8.36. The van der Waals surface area contributed by atoms with Crippen LogP contribution in [0.1, 0.15) is 23.6 Å². The van der Waals surface area contributed by atoms with Crippen LogP contribution >= 0.6 is 0 Å². The Morgan fingerprint density at radius 2 is 2.06 bits per heavy atom. The fraction of sp³-hybridized carbons (Fsp3) is 0.583. The number of halogens is 3. The maximum absolute atomic E-state index is 12.9. The van der Waals surface area contributed by atoms with E-state index in [1.54, 1.807) is 7.05 Å². The first-order valence-electron chi connectivity index (χ1n) is 5.69. The van der Waals surface area contributed by atoms with Gasteiger partial charge in [-0.2, -0.15) is 13.2 Å². The first kappa shape index (κ1) is 14.9. The van der Waals surface area contributed by atoms with Crippen molar-refractivity contribution >= 4 is 0 Å². The van der Waals surface area contributed by atoms with Crippen molar-refractivity contribution in [1.82, 2.24) is 15.2 Å². The van der Waals surface area contributed by atoms with E-state index in [1.807, 2.05) is 19.0 Å². The van der Waals surface area contributed by atoms with E-state index in [0.717, 1.165) is 6.07 Å². The van der Waals surface area contributed by atoms with Crippen LogP contribution in [0.15, 0.2) is 18.5 Å². The van der Waals surface area contributed by atoms with Crippen LogP contribution in [-0.2, 0) is 6.18 Å². The quantitative estimate of drug-likeness (QED) is 0.881. The topological polar surface area (TPSA) is 28.2 Å². The van der Waals surface area contributed by atoms with Gasteiger partial charge in [0.15, 0.2) is 0 Å². The summed E-state index contributed by atoms with van der Waals surface area (Å²) in [4.78, 5) is 5.74. The molecule has 1 aromatic rings. The van der Waals surface area contributed by atoms with Crippen LogP contribution in [-0.4, -0.2) is 37.6 Å². The number of nitrogens with one attached hydrogen (secondary N) is 1. The molecule has 1 aromatic heterocycles. The van der Waals surface area contributed by atoms with Crippen LogP contribution in [0.2, 0.25) is 0 Å². The van der Waals surface area contributed by atoms with Crippen LogP contribution in [0.3, 0.4) is 0 Å². The normalized spacial score (nSPS) is 13.9. The fourth-order valence-corrected chi connectivity index (χ4v) is 1.79. The van der Waals surface area contributed by atoms with Crippen molar-refractivity contribution in [2.75, 3.05) is 27.7 Å². The molecule has 102 valence electrons. The average molecular weight is 261 g/mol. The van der Waals surface area contributed by atoms with Gasteiger partial charge in [0.1, 0.15) is 0 Å². The Morgan fingerprint density at radius 3 is 2.56 bits per heavy atom. The number of hydrogen-bond acceptors (Lipinski definition) is 3. The lowest BCUT2D eigenvalue weighted by Gasteiger charge is -2.22. The summed E-state index contributed by atoms with van der Waals surface area (Å²) in [5.74, 6) is 0. The third-order valence-electron chi connectivity index (χ3n) is 2.75. The second-order valence-corrected chi connectivity index (χ2v) is 4.39. The minimum atomic E-state index is -4.34. The molecule has 0 aliphatic heterocycles. The van der Waals surface area contributed by atoms with Gasteiger partial charge < -0.3 is 10.2 Å². The van der Waals surface area contributed by atoms with Gasteiger partial charge in [-0.1, -0.05) is 0 Å². The summed E-state index contributed by atoms with van der Waals surface area (Å²) in [6.07, 6.45) is -1.28.